The molecule has 7 heteroatoms. The molecule has 1 aliphatic rings. The smallest absolute Gasteiger partial charge is 0.258 e. The Hall–Kier alpha value is -1.02. The maximum Gasteiger partial charge on any atom is 0.258 e. The van der Waals surface area contributed by atoms with Crippen molar-refractivity contribution in [3.8, 4) is 0 Å². The van der Waals surface area contributed by atoms with Crippen LogP contribution in [0.5, 0.6) is 0 Å². The lowest BCUT2D eigenvalue weighted by Crippen LogP contribution is -2.28. The Balaban J connectivity index is 1.78. The first-order chi connectivity index (χ1) is 9.62. The summed E-state index contributed by atoms with van der Waals surface area (Å²) in [5, 5.41) is 3.02. The Bertz CT molecular complexity index is 512. The number of nitrogens with zero attached hydrogens (tertiary/aromatic N) is 1. The van der Waals surface area contributed by atoms with E-state index in [2.05, 4.69) is 15.0 Å². The quantitative estimate of drug-likeness (QED) is 0.649. The minimum Gasteiger partial charge on any atom is -0.380 e. The zero-order valence-electron chi connectivity index (χ0n) is 11.6. The van der Waals surface area contributed by atoms with Gasteiger partial charge in [0.05, 0.1) is 6.61 Å². The van der Waals surface area contributed by atoms with Gasteiger partial charge in [0.2, 0.25) is 0 Å². The Kier molecular flexibility index (Phi) is 5.47. The highest BCUT2D eigenvalue weighted by Gasteiger charge is 2.21. The summed E-state index contributed by atoms with van der Waals surface area (Å²) in [5.74, 6) is 0.688. The molecule has 0 radical (unpaired) electrons. The summed E-state index contributed by atoms with van der Waals surface area (Å²) in [6, 6.07) is 3.27. The molecule has 0 saturated heterocycles. The zero-order chi connectivity index (χ0) is 14.4. The Morgan fingerprint density at radius 2 is 2.20 bits per heavy atom. The van der Waals surface area contributed by atoms with Crippen LogP contribution in [0.15, 0.2) is 23.4 Å². The first kappa shape index (κ1) is 15.4. The fraction of sp³-hybridized carbons (Fsp3) is 0.615. The molecule has 0 spiro atoms. The lowest BCUT2D eigenvalue weighted by molar-refractivity contribution is 0.129. The monoisotopic (exact) mass is 299 g/mol. The van der Waals surface area contributed by atoms with E-state index >= 15 is 0 Å². The summed E-state index contributed by atoms with van der Waals surface area (Å²) in [5.41, 5.74) is 0.944. The largest absolute Gasteiger partial charge is 0.380 e. The van der Waals surface area contributed by atoms with Crippen molar-refractivity contribution in [1.29, 1.82) is 0 Å². The zero-order valence-corrected chi connectivity index (χ0v) is 12.4. The van der Waals surface area contributed by atoms with E-state index in [1.807, 2.05) is 7.05 Å². The second-order valence-electron chi connectivity index (χ2n) is 4.95. The van der Waals surface area contributed by atoms with E-state index in [9.17, 15) is 8.42 Å². The van der Waals surface area contributed by atoms with Crippen LogP contribution >= 0.6 is 0 Å². The van der Waals surface area contributed by atoms with Gasteiger partial charge in [-0.3, -0.25) is 0 Å². The van der Waals surface area contributed by atoms with Gasteiger partial charge in [-0.15, -0.1) is 0 Å². The van der Waals surface area contributed by atoms with Gasteiger partial charge >= 0.3 is 0 Å². The van der Waals surface area contributed by atoms with E-state index in [0.717, 1.165) is 12.2 Å². The lowest BCUT2D eigenvalue weighted by Gasteiger charge is -2.07. The Morgan fingerprint density at radius 3 is 2.80 bits per heavy atom. The van der Waals surface area contributed by atoms with Crippen LogP contribution < -0.4 is 10.0 Å². The average molecular weight is 299 g/mol. The summed E-state index contributed by atoms with van der Waals surface area (Å²) in [6.45, 7) is 2.07. The predicted molar refractivity (Wildman–Crippen MR) is 75.7 cm³/mol. The van der Waals surface area contributed by atoms with E-state index in [4.69, 9.17) is 4.74 Å². The molecule has 0 aliphatic heterocycles. The summed E-state index contributed by atoms with van der Waals surface area (Å²) in [7, 11) is -1.71. The second kappa shape index (κ2) is 7.12. The van der Waals surface area contributed by atoms with Crippen molar-refractivity contribution in [2.24, 2.45) is 5.92 Å². The number of nitrogens with one attached hydrogen (secondary N) is 2. The normalized spacial score (nSPS) is 15.4. The van der Waals surface area contributed by atoms with Gasteiger partial charge in [-0.2, -0.15) is 0 Å². The SMILES string of the molecule is CNCc1ccc(S(=O)(=O)NCCOCC2CC2)nc1. The Morgan fingerprint density at radius 1 is 1.40 bits per heavy atom. The minimum absolute atomic E-state index is 0.0412. The third-order valence-electron chi connectivity index (χ3n) is 3.04. The van der Waals surface area contributed by atoms with Crippen LogP contribution in [0.4, 0.5) is 0 Å². The number of ether oxygens (including phenoxy) is 1. The number of sulfonamides is 1. The number of hydrogen-bond donors (Lipinski definition) is 2. The van der Waals surface area contributed by atoms with Crippen LogP contribution in [0.3, 0.4) is 0 Å². The van der Waals surface area contributed by atoms with Crippen LogP contribution in [-0.4, -0.2) is 40.2 Å². The molecule has 1 aromatic rings. The van der Waals surface area contributed by atoms with Gasteiger partial charge < -0.3 is 10.1 Å². The molecule has 1 aromatic heterocycles. The van der Waals surface area contributed by atoms with Crippen LogP contribution in [0.2, 0.25) is 0 Å². The highest BCUT2D eigenvalue weighted by atomic mass is 32.2. The molecule has 112 valence electrons. The first-order valence-electron chi connectivity index (χ1n) is 6.79. The number of aromatic nitrogens is 1. The van der Waals surface area contributed by atoms with Gasteiger partial charge in [-0.25, -0.2) is 18.1 Å². The van der Waals surface area contributed by atoms with Gasteiger partial charge in [-0.05, 0) is 37.4 Å². The molecule has 0 bridgehead atoms. The maximum atomic E-state index is 12.0. The summed E-state index contributed by atoms with van der Waals surface area (Å²) in [6.07, 6.45) is 4.03. The van der Waals surface area contributed by atoms with Gasteiger partial charge in [-0.1, -0.05) is 6.07 Å². The lowest BCUT2D eigenvalue weighted by atomic mass is 10.3. The van der Waals surface area contributed by atoms with Crippen LogP contribution in [0, 0.1) is 5.92 Å². The highest BCUT2D eigenvalue weighted by molar-refractivity contribution is 7.89. The van der Waals surface area contributed by atoms with E-state index in [-0.39, 0.29) is 11.6 Å². The maximum absolute atomic E-state index is 12.0. The van der Waals surface area contributed by atoms with Crippen LogP contribution in [-0.2, 0) is 21.3 Å². The molecular formula is C13H21N3O3S. The molecule has 0 aromatic carbocycles. The van der Waals surface area contributed by atoms with Crippen molar-refractivity contribution in [2.75, 3.05) is 26.8 Å². The molecule has 1 aliphatic carbocycles. The molecule has 2 rings (SSSR count). The fourth-order valence-electron chi connectivity index (χ4n) is 1.74. The number of pyridine rings is 1. The third-order valence-corrected chi connectivity index (χ3v) is 4.42. The summed E-state index contributed by atoms with van der Waals surface area (Å²) in [4.78, 5) is 3.97. The second-order valence-corrected chi connectivity index (χ2v) is 6.66. The predicted octanol–water partition coefficient (Wildman–Crippen LogP) is 0.506. The van der Waals surface area contributed by atoms with Gasteiger partial charge in [0.25, 0.3) is 10.0 Å². The average Bonchev–Trinajstić information content (AvgIpc) is 3.23. The van der Waals surface area contributed by atoms with Crippen molar-refractivity contribution < 1.29 is 13.2 Å². The molecule has 1 saturated carbocycles. The highest BCUT2D eigenvalue weighted by Crippen LogP contribution is 2.28. The van der Waals surface area contributed by atoms with Crippen molar-refractivity contribution in [3.63, 3.8) is 0 Å². The molecule has 20 heavy (non-hydrogen) atoms. The summed E-state index contributed by atoms with van der Waals surface area (Å²) >= 11 is 0. The van der Waals surface area contributed by atoms with Crippen molar-refractivity contribution in [1.82, 2.24) is 15.0 Å². The van der Waals surface area contributed by atoms with Gasteiger partial charge in [0, 0.05) is 25.9 Å². The minimum atomic E-state index is -3.54. The topological polar surface area (TPSA) is 80.3 Å². The first-order valence-corrected chi connectivity index (χ1v) is 8.27. The fourth-order valence-corrected chi connectivity index (χ4v) is 2.67. The van der Waals surface area contributed by atoms with E-state index in [0.29, 0.717) is 19.1 Å². The molecule has 2 N–H and O–H groups in total. The number of rotatable bonds is 9. The third kappa shape index (κ3) is 4.82. The molecule has 0 amide bonds. The van der Waals surface area contributed by atoms with Crippen LogP contribution in [0.1, 0.15) is 18.4 Å². The van der Waals surface area contributed by atoms with E-state index < -0.39 is 10.0 Å². The molecular weight excluding hydrogens is 278 g/mol. The van der Waals surface area contributed by atoms with Crippen molar-refractivity contribution in [3.05, 3.63) is 23.9 Å². The molecule has 1 heterocycles. The van der Waals surface area contributed by atoms with Gasteiger partial charge in [0.15, 0.2) is 5.03 Å². The van der Waals surface area contributed by atoms with Crippen molar-refractivity contribution in [2.45, 2.75) is 24.4 Å². The van der Waals surface area contributed by atoms with E-state index in [1.54, 1.807) is 12.3 Å². The standard InChI is InChI=1S/C13H21N3O3S/c1-14-8-12-4-5-13(15-9-12)20(17,18)16-6-7-19-10-11-2-3-11/h4-5,9,11,14,16H,2-3,6-8,10H2,1H3. The van der Waals surface area contributed by atoms with E-state index in [1.165, 1.54) is 18.9 Å². The van der Waals surface area contributed by atoms with Crippen molar-refractivity contribution >= 4 is 10.0 Å². The molecule has 6 nitrogen and oxygen atoms in total. The molecule has 0 unspecified atom stereocenters. The molecule has 1 fully saturated rings. The van der Waals surface area contributed by atoms with Crippen LogP contribution in [0.25, 0.3) is 0 Å². The molecule has 0 atom stereocenters. The summed E-state index contributed by atoms with van der Waals surface area (Å²) < 4.78 is 31.8. The Labute approximate surface area is 120 Å². The van der Waals surface area contributed by atoms with Gasteiger partial charge in [0.1, 0.15) is 0 Å². The number of hydrogen-bond acceptors (Lipinski definition) is 5.